The zero-order chi connectivity index (χ0) is 12.3. The number of rotatable bonds is 3. The molecule has 0 aromatic heterocycles. The van der Waals surface area contributed by atoms with Crippen LogP contribution in [0.2, 0.25) is 0 Å². The van der Waals surface area contributed by atoms with Gasteiger partial charge in [0.2, 0.25) is 0 Å². The van der Waals surface area contributed by atoms with Crippen LogP contribution in [-0.4, -0.2) is 6.54 Å². The maximum atomic E-state index is 13.3. The Bertz CT molecular complexity index is 429. The summed E-state index contributed by atoms with van der Waals surface area (Å²) < 4.78 is 38.9. The number of hydrogen-bond donors (Lipinski definition) is 1. The Morgan fingerprint density at radius 1 is 1.06 bits per heavy atom. The van der Waals surface area contributed by atoms with Gasteiger partial charge in [0.1, 0.15) is 5.82 Å². The molecule has 1 aliphatic carbocycles. The van der Waals surface area contributed by atoms with Crippen molar-refractivity contribution < 1.29 is 13.2 Å². The van der Waals surface area contributed by atoms with Gasteiger partial charge in [-0.05, 0) is 25.2 Å². The van der Waals surface area contributed by atoms with E-state index in [4.69, 9.17) is 0 Å². The molecule has 1 aromatic rings. The average molecular weight is 241 g/mol. The number of anilines is 1. The summed E-state index contributed by atoms with van der Waals surface area (Å²) in [5.74, 6) is -2.52. The van der Waals surface area contributed by atoms with E-state index in [2.05, 4.69) is 17.5 Å². The van der Waals surface area contributed by atoms with Crippen molar-refractivity contribution >= 4 is 5.69 Å². The molecular weight excluding hydrogens is 227 g/mol. The third kappa shape index (κ3) is 3.02. The third-order valence-electron chi connectivity index (χ3n) is 2.97. The molecular formula is C13H14F3N. The molecule has 92 valence electrons. The van der Waals surface area contributed by atoms with Crippen LogP contribution in [0.25, 0.3) is 0 Å². The van der Waals surface area contributed by atoms with Crippen LogP contribution in [0.3, 0.4) is 0 Å². The Balaban J connectivity index is 1.98. The first-order valence-electron chi connectivity index (χ1n) is 5.70. The van der Waals surface area contributed by atoms with Crippen LogP contribution in [0.4, 0.5) is 18.9 Å². The average Bonchev–Trinajstić information content (AvgIpc) is 2.33. The highest BCUT2D eigenvalue weighted by molar-refractivity contribution is 5.45. The summed E-state index contributed by atoms with van der Waals surface area (Å²) in [5, 5.41) is 2.84. The van der Waals surface area contributed by atoms with Crippen molar-refractivity contribution in [1.29, 1.82) is 0 Å². The van der Waals surface area contributed by atoms with Crippen LogP contribution < -0.4 is 5.32 Å². The third-order valence-corrected chi connectivity index (χ3v) is 2.97. The van der Waals surface area contributed by atoms with Crippen molar-refractivity contribution in [3.8, 4) is 0 Å². The van der Waals surface area contributed by atoms with Gasteiger partial charge in [-0.2, -0.15) is 0 Å². The standard InChI is InChI=1S/C13H14F3N/c14-10-6-12(16)13(7-11(10)15)17-8-9-4-2-1-3-5-9/h1-2,6-7,9,17H,3-5,8H2. The van der Waals surface area contributed by atoms with Gasteiger partial charge in [0.05, 0.1) is 5.69 Å². The largest absolute Gasteiger partial charge is 0.382 e. The predicted molar refractivity (Wildman–Crippen MR) is 61.3 cm³/mol. The highest BCUT2D eigenvalue weighted by atomic mass is 19.2. The van der Waals surface area contributed by atoms with Gasteiger partial charge in [0.25, 0.3) is 0 Å². The van der Waals surface area contributed by atoms with Crippen LogP contribution in [0.5, 0.6) is 0 Å². The number of halogens is 3. The highest BCUT2D eigenvalue weighted by Gasteiger charge is 2.13. The summed E-state index contributed by atoms with van der Waals surface area (Å²) in [7, 11) is 0. The summed E-state index contributed by atoms with van der Waals surface area (Å²) in [6.45, 7) is 0.576. The van der Waals surface area contributed by atoms with Crippen molar-refractivity contribution in [2.75, 3.05) is 11.9 Å². The molecule has 0 radical (unpaired) electrons. The molecule has 0 saturated heterocycles. The maximum Gasteiger partial charge on any atom is 0.161 e. The zero-order valence-electron chi connectivity index (χ0n) is 9.35. The second-order valence-electron chi connectivity index (χ2n) is 4.28. The monoisotopic (exact) mass is 241 g/mol. The van der Waals surface area contributed by atoms with E-state index in [1.807, 2.05) is 0 Å². The van der Waals surface area contributed by atoms with E-state index in [9.17, 15) is 13.2 Å². The summed E-state index contributed by atoms with van der Waals surface area (Å²) in [5.41, 5.74) is 0.0263. The molecule has 17 heavy (non-hydrogen) atoms. The number of nitrogens with one attached hydrogen (secondary N) is 1. The molecule has 0 saturated carbocycles. The van der Waals surface area contributed by atoms with Crippen molar-refractivity contribution in [2.45, 2.75) is 19.3 Å². The number of allylic oxidation sites excluding steroid dienone is 2. The predicted octanol–water partition coefficient (Wildman–Crippen LogP) is 3.87. The molecule has 0 heterocycles. The molecule has 0 spiro atoms. The van der Waals surface area contributed by atoms with E-state index in [1.54, 1.807) is 0 Å². The summed E-state index contributed by atoms with van der Waals surface area (Å²) >= 11 is 0. The molecule has 1 aliphatic rings. The summed E-state index contributed by atoms with van der Waals surface area (Å²) in [6.07, 6.45) is 7.21. The molecule has 1 nitrogen and oxygen atoms in total. The van der Waals surface area contributed by atoms with Crippen LogP contribution in [-0.2, 0) is 0 Å². The molecule has 1 aromatic carbocycles. The van der Waals surface area contributed by atoms with Crippen molar-refractivity contribution in [2.24, 2.45) is 5.92 Å². The smallest absolute Gasteiger partial charge is 0.161 e. The van der Waals surface area contributed by atoms with Crippen molar-refractivity contribution in [3.05, 3.63) is 41.7 Å². The van der Waals surface area contributed by atoms with Gasteiger partial charge in [-0.1, -0.05) is 12.2 Å². The summed E-state index contributed by atoms with van der Waals surface area (Å²) in [6, 6.07) is 1.43. The number of hydrogen-bond acceptors (Lipinski definition) is 1. The first kappa shape index (κ1) is 12.0. The van der Waals surface area contributed by atoms with Gasteiger partial charge < -0.3 is 5.32 Å². The fourth-order valence-corrected chi connectivity index (χ4v) is 1.95. The van der Waals surface area contributed by atoms with Gasteiger partial charge in [0, 0.05) is 18.7 Å². The van der Waals surface area contributed by atoms with Crippen LogP contribution in [0, 0.1) is 23.4 Å². The van der Waals surface area contributed by atoms with Crippen LogP contribution in [0.1, 0.15) is 19.3 Å². The molecule has 0 amide bonds. The molecule has 4 heteroatoms. The Kier molecular flexibility index (Phi) is 3.71. The quantitative estimate of drug-likeness (QED) is 0.625. The van der Waals surface area contributed by atoms with Gasteiger partial charge >= 0.3 is 0 Å². The highest BCUT2D eigenvalue weighted by Crippen LogP contribution is 2.22. The van der Waals surface area contributed by atoms with Crippen molar-refractivity contribution in [3.63, 3.8) is 0 Å². The SMILES string of the molecule is Fc1cc(F)c(NCC2CC=CCC2)cc1F. The lowest BCUT2D eigenvalue weighted by Gasteiger charge is -2.19. The van der Waals surface area contributed by atoms with Gasteiger partial charge in [-0.15, -0.1) is 0 Å². The van der Waals surface area contributed by atoms with E-state index in [0.717, 1.165) is 25.3 Å². The fourth-order valence-electron chi connectivity index (χ4n) is 1.95. The molecule has 1 unspecified atom stereocenters. The van der Waals surface area contributed by atoms with E-state index in [1.165, 1.54) is 0 Å². The molecule has 2 rings (SSSR count). The normalized spacial score (nSPS) is 19.4. The second-order valence-corrected chi connectivity index (χ2v) is 4.28. The molecule has 0 fully saturated rings. The van der Waals surface area contributed by atoms with E-state index in [-0.39, 0.29) is 5.69 Å². The van der Waals surface area contributed by atoms with Crippen LogP contribution in [0.15, 0.2) is 24.3 Å². The van der Waals surface area contributed by atoms with E-state index < -0.39 is 17.5 Å². The maximum absolute atomic E-state index is 13.3. The molecule has 1 N–H and O–H groups in total. The lowest BCUT2D eigenvalue weighted by molar-refractivity contribution is 0.490. The van der Waals surface area contributed by atoms with Gasteiger partial charge in [-0.25, -0.2) is 13.2 Å². The Labute approximate surface area is 98.3 Å². The molecule has 0 aliphatic heterocycles. The van der Waals surface area contributed by atoms with Crippen LogP contribution >= 0.6 is 0 Å². The Morgan fingerprint density at radius 3 is 2.53 bits per heavy atom. The first-order chi connectivity index (χ1) is 8.16. The van der Waals surface area contributed by atoms with Gasteiger partial charge in [0.15, 0.2) is 11.6 Å². The topological polar surface area (TPSA) is 12.0 Å². The van der Waals surface area contributed by atoms with Gasteiger partial charge in [-0.3, -0.25) is 0 Å². The lowest BCUT2D eigenvalue weighted by Crippen LogP contribution is -2.16. The molecule has 0 bridgehead atoms. The second kappa shape index (κ2) is 5.25. The minimum absolute atomic E-state index is 0.0263. The van der Waals surface area contributed by atoms with E-state index in [0.29, 0.717) is 18.5 Å². The minimum atomic E-state index is -1.16. The minimum Gasteiger partial charge on any atom is -0.382 e. The van der Waals surface area contributed by atoms with E-state index >= 15 is 0 Å². The summed E-state index contributed by atoms with van der Waals surface area (Å²) in [4.78, 5) is 0. The fraction of sp³-hybridized carbons (Fsp3) is 0.385. The first-order valence-corrected chi connectivity index (χ1v) is 5.70. The Morgan fingerprint density at radius 2 is 1.82 bits per heavy atom. The lowest BCUT2D eigenvalue weighted by atomic mass is 9.94. The zero-order valence-corrected chi connectivity index (χ0v) is 9.35. The Hall–Kier alpha value is -1.45. The van der Waals surface area contributed by atoms with Crippen molar-refractivity contribution in [1.82, 2.24) is 0 Å². The number of benzene rings is 1. The molecule has 1 atom stereocenters.